The standard InChI is InChI=1S/C16H17F2N7O/c1-2-24-9-12(8-21-24)10-3-4-20-13(5-10)25-14(22-23-16(25)26)6-11(7-19)15(17)18/h3-5,8-9H,2,6-7,19H2,1H3,(H,23,26). The number of hydrogen-bond donors (Lipinski definition) is 2. The Morgan fingerprint density at radius 2 is 2.15 bits per heavy atom. The van der Waals surface area contributed by atoms with E-state index < -0.39 is 11.8 Å². The van der Waals surface area contributed by atoms with Gasteiger partial charge in [-0.05, 0) is 24.6 Å². The number of H-pyrrole nitrogens is 1. The van der Waals surface area contributed by atoms with Crippen molar-refractivity contribution in [3.63, 3.8) is 0 Å². The van der Waals surface area contributed by atoms with Crippen molar-refractivity contribution in [3.8, 4) is 16.9 Å². The first-order valence-electron chi connectivity index (χ1n) is 7.92. The van der Waals surface area contributed by atoms with Crippen molar-refractivity contribution < 1.29 is 8.78 Å². The van der Waals surface area contributed by atoms with E-state index in [4.69, 9.17) is 5.73 Å². The number of aromatic nitrogens is 6. The van der Waals surface area contributed by atoms with Crippen LogP contribution in [0.5, 0.6) is 0 Å². The molecule has 0 amide bonds. The topological polar surface area (TPSA) is 107 Å². The van der Waals surface area contributed by atoms with E-state index in [9.17, 15) is 13.6 Å². The zero-order valence-electron chi connectivity index (χ0n) is 14.0. The van der Waals surface area contributed by atoms with Gasteiger partial charge < -0.3 is 5.73 Å². The lowest BCUT2D eigenvalue weighted by Gasteiger charge is -2.07. The summed E-state index contributed by atoms with van der Waals surface area (Å²) in [4.78, 5) is 16.3. The van der Waals surface area contributed by atoms with Gasteiger partial charge in [-0.25, -0.2) is 19.4 Å². The molecule has 3 rings (SSSR count). The summed E-state index contributed by atoms with van der Waals surface area (Å²) in [6, 6.07) is 3.45. The maximum absolute atomic E-state index is 12.9. The molecule has 8 nitrogen and oxygen atoms in total. The minimum atomic E-state index is -1.87. The van der Waals surface area contributed by atoms with E-state index in [0.717, 1.165) is 22.2 Å². The van der Waals surface area contributed by atoms with Crippen LogP contribution in [0.4, 0.5) is 8.78 Å². The van der Waals surface area contributed by atoms with Gasteiger partial charge in [0.2, 0.25) is 0 Å². The van der Waals surface area contributed by atoms with E-state index in [1.54, 1.807) is 23.0 Å². The van der Waals surface area contributed by atoms with Crippen LogP contribution in [0.15, 0.2) is 47.2 Å². The van der Waals surface area contributed by atoms with E-state index in [2.05, 4.69) is 20.3 Å². The molecule has 3 N–H and O–H groups in total. The molecule has 0 unspecified atom stereocenters. The van der Waals surface area contributed by atoms with Gasteiger partial charge in [0.15, 0.2) is 0 Å². The third kappa shape index (κ3) is 3.45. The lowest BCUT2D eigenvalue weighted by Crippen LogP contribution is -2.19. The molecule has 3 aromatic rings. The average molecular weight is 361 g/mol. The molecule has 3 heterocycles. The van der Waals surface area contributed by atoms with Crippen molar-refractivity contribution in [2.24, 2.45) is 5.73 Å². The Balaban J connectivity index is 2.02. The number of rotatable bonds is 6. The SMILES string of the molecule is CCn1cc(-c2ccnc(-n3c(CC(CN)=C(F)F)n[nH]c3=O)c2)cn1. The van der Waals surface area contributed by atoms with E-state index in [1.165, 1.54) is 6.20 Å². The highest BCUT2D eigenvalue weighted by Crippen LogP contribution is 2.21. The Hall–Kier alpha value is -3.14. The summed E-state index contributed by atoms with van der Waals surface area (Å²) in [5, 5.41) is 10.3. The fourth-order valence-electron chi connectivity index (χ4n) is 2.50. The first-order valence-corrected chi connectivity index (χ1v) is 7.92. The molecule has 26 heavy (non-hydrogen) atoms. The molecule has 0 saturated carbocycles. The first-order chi connectivity index (χ1) is 12.5. The summed E-state index contributed by atoms with van der Waals surface area (Å²) in [6.45, 7) is 2.37. The van der Waals surface area contributed by atoms with Gasteiger partial charge in [0.05, 0.1) is 6.20 Å². The molecule has 0 fully saturated rings. The fourth-order valence-corrected chi connectivity index (χ4v) is 2.50. The van der Waals surface area contributed by atoms with Gasteiger partial charge in [0.25, 0.3) is 6.08 Å². The molecule has 0 atom stereocenters. The molecule has 10 heteroatoms. The largest absolute Gasteiger partial charge is 0.349 e. The van der Waals surface area contributed by atoms with E-state index in [-0.39, 0.29) is 30.2 Å². The van der Waals surface area contributed by atoms with Gasteiger partial charge >= 0.3 is 5.69 Å². The number of halogens is 2. The molecule has 0 aliphatic carbocycles. The second-order valence-electron chi connectivity index (χ2n) is 5.51. The Morgan fingerprint density at radius 3 is 2.81 bits per heavy atom. The second-order valence-corrected chi connectivity index (χ2v) is 5.51. The van der Waals surface area contributed by atoms with Crippen molar-refractivity contribution in [3.05, 3.63) is 58.7 Å². The zero-order chi connectivity index (χ0) is 18.7. The molecular weight excluding hydrogens is 344 g/mol. The van der Waals surface area contributed by atoms with E-state index in [1.807, 2.05) is 13.1 Å². The number of nitrogens with one attached hydrogen (secondary N) is 1. The maximum atomic E-state index is 12.9. The van der Waals surface area contributed by atoms with Gasteiger partial charge in [0, 0.05) is 43.0 Å². The van der Waals surface area contributed by atoms with Gasteiger partial charge in [-0.1, -0.05) is 0 Å². The van der Waals surface area contributed by atoms with Crippen molar-refractivity contribution >= 4 is 0 Å². The van der Waals surface area contributed by atoms with Crippen LogP contribution in [-0.4, -0.2) is 36.1 Å². The minimum Gasteiger partial charge on any atom is -0.327 e. The summed E-state index contributed by atoms with van der Waals surface area (Å²) in [6.07, 6.45) is 2.98. The highest BCUT2D eigenvalue weighted by atomic mass is 19.3. The molecule has 0 aromatic carbocycles. The lowest BCUT2D eigenvalue weighted by atomic mass is 10.1. The minimum absolute atomic E-state index is 0.108. The average Bonchev–Trinajstić information content (AvgIpc) is 3.26. The van der Waals surface area contributed by atoms with Crippen molar-refractivity contribution in [1.29, 1.82) is 0 Å². The highest BCUT2D eigenvalue weighted by Gasteiger charge is 2.16. The van der Waals surface area contributed by atoms with Gasteiger partial charge in [0.1, 0.15) is 11.6 Å². The van der Waals surface area contributed by atoms with Crippen LogP contribution in [-0.2, 0) is 13.0 Å². The van der Waals surface area contributed by atoms with Crippen molar-refractivity contribution in [1.82, 2.24) is 29.5 Å². The molecule has 0 saturated heterocycles. The van der Waals surface area contributed by atoms with Gasteiger partial charge in [-0.2, -0.15) is 19.0 Å². The Morgan fingerprint density at radius 1 is 1.35 bits per heavy atom. The van der Waals surface area contributed by atoms with Crippen LogP contribution in [0.1, 0.15) is 12.7 Å². The number of pyridine rings is 1. The number of hydrogen-bond acceptors (Lipinski definition) is 5. The number of nitrogens with two attached hydrogens (primary N) is 1. The van der Waals surface area contributed by atoms with Crippen molar-refractivity contribution in [2.75, 3.05) is 6.54 Å². The summed E-state index contributed by atoms with van der Waals surface area (Å²) < 4.78 is 28.7. The van der Waals surface area contributed by atoms with Crippen LogP contribution in [0.2, 0.25) is 0 Å². The van der Waals surface area contributed by atoms with Gasteiger partial charge in [-0.3, -0.25) is 4.68 Å². The first kappa shape index (κ1) is 17.7. The number of aromatic amines is 1. The predicted octanol–water partition coefficient (Wildman–Crippen LogP) is 1.49. The molecule has 3 aromatic heterocycles. The highest BCUT2D eigenvalue weighted by molar-refractivity contribution is 5.63. The fraction of sp³-hybridized carbons (Fsp3) is 0.250. The Bertz CT molecular complexity index is 998. The second kappa shape index (κ2) is 7.40. The maximum Gasteiger partial charge on any atom is 0.349 e. The zero-order valence-corrected chi connectivity index (χ0v) is 14.0. The van der Waals surface area contributed by atoms with Crippen LogP contribution in [0.3, 0.4) is 0 Å². The smallest absolute Gasteiger partial charge is 0.327 e. The summed E-state index contributed by atoms with van der Waals surface area (Å²) >= 11 is 0. The summed E-state index contributed by atoms with van der Waals surface area (Å²) in [7, 11) is 0. The third-order valence-electron chi connectivity index (χ3n) is 3.89. The molecule has 0 aliphatic heterocycles. The van der Waals surface area contributed by atoms with Crippen LogP contribution >= 0.6 is 0 Å². The Kier molecular flexibility index (Phi) is 5.03. The molecule has 0 bridgehead atoms. The monoisotopic (exact) mass is 361 g/mol. The van der Waals surface area contributed by atoms with Crippen LogP contribution in [0, 0.1) is 0 Å². The van der Waals surface area contributed by atoms with E-state index in [0.29, 0.717) is 0 Å². The summed E-state index contributed by atoms with van der Waals surface area (Å²) in [5.74, 6) is 0.383. The third-order valence-corrected chi connectivity index (χ3v) is 3.89. The molecule has 136 valence electrons. The predicted molar refractivity (Wildman–Crippen MR) is 90.9 cm³/mol. The number of nitrogens with zero attached hydrogens (tertiary/aromatic N) is 5. The number of aryl methyl sites for hydroxylation is 1. The van der Waals surface area contributed by atoms with Crippen molar-refractivity contribution in [2.45, 2.75) is 19.9 Å². The van der Waals surface area contributed by atoms with E-state index >= 15 is 0 Å². The lowest BCUT2D eigenvalue weighted by molar-refractivity contribution is 0.407. The molecule has 0 spiro atoms. The van der Waals surface area contributed by atoms with Crippen LogP contribution in [0.25, 0.3) is 16.9 Å². The van der Waals surface area contributed by atoms with Gasteiger partial charge in [-0.15, -0.1) is 0 Å². The quantitative estimate of drug-likeness (QED) is 0.692. The van der Waals surface area contributed by atoms with Crippen LogP contribution < -0.4 is 11.4 Å². The molecular formula is C16H17F2N7O. The molecule has 0 radical (unpaired) electrons. The molecule has 0 aliphatic rings. The Labute approximate surface area is 147 Å². The normalized spacial score (nSPS) is 10.9. The summed E-state index contributed by atoms with van der Waals surface area (Å²) in [5.41, 5.74) is 6.14.